The molecule has 0 bridgehead atoms. The van der Waals surface area contributed by atoms with Crippen molar-refractivity contribution >= 4 is 23.1 Å². The Hall–Kier alpha value is -3.07. The predicted octanol–water partition coefficient (Wildman–Crippen LogP) is 2.28. The number of nitrogens with zero attached hydrogens (tertiary/aromatic N) is 4. The van der Waals surface area contributed by atoms with Gasteiger partial charge in [0.25, 0.3) is 5.91 Å². The van der Waals surface area contributed by atoms with E-state index in [1.165, 1.54) is 0 Å². The van der Waals surface area contributed by atoms with Crippen LogP contribution in [0.5, 0.6) is 5.75 Å². The van der Waals surface area contributed by atoms with Gasteiger partial charge in [0, 0.05) is 58.6 Å². The van der Waals surface area contributed by atoms with Crippen LogP contribution in [-0.2, 0) is 16.6 Å². The molecule has 1 aromatic heterocycles. The van der Waals surface area contributed by atoms with Crippen LogP contribution in [0.1, 0.15) is 39.4 Å². The first-order valence-electron chi connectivity index (χ1n) is 11.2. The quantitative estimate of drug-likeness (QED) is 0.525. The summed E-state index contributed by atoms with van der Waals surface area (Å²) >= 11 is 0. The molecule has 0 spiro atoms. The molecule has 174 valence electrons. The van der Waals surface area contributed by atoms with Gasteiger partial charge in [0.2, 0.25) is 0 Å². The number of nitrogen functional groups attached to an aromatic ring is 1. The molecular weight excluding hydrogens is 408 g/mol. The van der Waals surface area contributed by atoms with E-state index in [1.807, 2.05) is 37.9 Å². The zero-order valence-corrected chi connectivity index (χ0v) is 19.0. The molecular formula is C23H34N6O3. The molecule has 0 radical (unpaired) electrons. The number of rotatable bonds is 6. The van der Waals surface area contributed by atoms with E-state index in [-0.39, 0.29) is 19.5 Å². The van der Waals surface area contributed by atoms with Crippen molar-refractivity contribution in [3.63, 3.8) is 0 Å². The molecule has 9 heteroatoms. The van der Waals surface area contributed by atoms with Gasteiger partial charge in [-0.25, -0.2) is 0 Å². The number of aromatic nitrogens is 2. The fourth-order valence-corrected chi connectivity index (χ4v) is 4.21. The van der Waals surface area contributed by atoms with E-state index in [9.17, 15) is 4.79 Å². The summed E-state index contributed by atoms with van der Waals surface area (Å²) in [4.78, 5) is 16.6. The largest absolute Gasteiger partial charge is 0.491 e. The Kier molecular flexibility index (Phi) is 6.36. The molecule has 2 aliphatic rings. The third-order valence-electron chi connectivity index (χ3n) is 5.91. The van der Waals surface area contributed by atoms with E-state index < -0.39 is 0 Å². The number of carbonyl (C=O) groups is 1. The normalized spacial score (nSPS) is 18.9. The van der Waals surface area contributed by atoms with Gasteiger partial charge in [-0.3, -0.25) is 14.9 Å². The molecule has 2 aliphatic heterocycles. The van der Waals surface area contributed by atoms with Crippen molar-refractivity contribution in [1.82, 2.24) is 14.7 Å². The topological polar surface area (TPSA) is 110 Å². The molecule has 1 aromatic carbocycles. The number of piperazine rings is 1. The molecule has 32 heavy (non-hydrogen) atoms. The maximum atomic E-state index is 12.6. The number of benzene rings is 1. The highest BCUT2D eigenvalue weighted by molar-refractivity contribution is 6.13. The molecule has 4 rings (SSSR count). The lowest BCUT2D eigenvalue weighted by Gasteiger charge is -2.35. The van der Waals surface area contributed by atoms with Crippen molar-refractivity contribution in [1.29, 1.82) is 5.41 Å². The Balaban J connectivity index is 0.00000306. The van der Waals surface area contributed by atoms with Crippen molar-refractivity contribution in [3.8, 4) is 5.75 Å². The van der Waals surface area contributed by atoms with Gasteiger partial charge in [-0.15, -0.1) is 0 Å². The zero-order chi connectivity index (χ0) is 22.8. The number of hydrogen-bond acceptors (Lipinski definition) is 7. The molecule has 2 fully saturated rings. The molecule has 2 saturated heterocycles. The number of amides is 1. The van der Waals surface area contributed by atoms with E-state index in [1.54, 1.807) is 16.8 Å². The molecule has 3 N–H and O–H groups in total. The second kappa shape index (κ2) is 9.20. The summed E-state index contributed by atoms with van der Waals surface area (Å²) in [5.74, 6) is 1.58. The minimum atomic E-state index is -0.274. The lowest BCUT2D eigenvalue weighted by molar-refractivity contribution is -0.141. The fraction of sp³-hybridized carbons (Fsp3) is 0.522. The van der Waals surface area contributed by atoms with Gasteiger partial charge < -0.3 is 25.0 Å². The second-order valence-corrected chi connectivity index (χ2v) is 8.62. The first-order chi connectivity index (χ1) is 15.3. The van der Waals surface area contributed by atoms with E-state index in [4.69, 9.17) is 20.6 Å². The average Bonchev–Trinajstić information content (AvgIpc) is 3.44. The number of nitrogens with one attached hydrogen (secondary N) is 1. The maximum absolute atomic E-state index is 12.6. The van der Waals surface area contributed by atoms with E-state index in [0.717, 1.165) is 18.7 Å². The number of carbonyl (C=O) groups excluding carboxylic acids is 1. The standard InChI is InChI=1S/C23H32N6O3.H2/c1-15(2)32-16-6-7-18(24)17(13-16)22(25)19-14-21(26-27(19)3)28-8-10-29(11-9-28)23(30)20-5-4-12-31-20;/h6-7,13-15,20,25H,4-5,8-12,24H2,1-3H3;1H. The van der Waals surface area contributed by atoms with Gasteiger partial charge in [-0.2, -0.15) is 5.10 Å². The van der Waals surface area contributed by atoms with Crippen molar-refractivity contribution in [2.45, 2.75) is 38.9 Å². The van der Waals surface area contributed by atoms with Gasteiger partial charge in [0.05, 0.1) is 17.5 Å². The molecule has 9 nitrogen and oxygen atoms in total. The minimum absolute atomic E-state index is 0. The molecule has 1 atom stereocenters. The van der Waals surface area contributed by atoms with Crippen LogP contribution in [0.25, 0.3) is 0 Å². The molecule has 0 aliphatic carbocycles. The fourth-order valence-electron chi connectivity index (χ4n) is 4.21. The highest BCUT2D eigenvalue weighted by Gasteiger charge is 2.31. The van der Waals surface area contributed by atoms with Crippen LogP contribution in [0.2, 0.25) is 0 Å². The summed E-state index contributed by atoms with van der Waals surface area (Å²) in [6.07, 6.45) is 1.53. The Morgan fingerprint density at radius 2 is 2.03 bits per heavy atom. The molecule has 3 heterocycles. The number of ether oxygens (including phenoxy) is 2. The van der Waals surface area contributed by atoms with Gasteiger partial charge in [0.15, 0.2) is 5.82 Å². The summed E-state index contributed by atoms with van der Waals surface area (Å²) in [5.41, 5.74) is 8.28. The SMILES string of the molecule is CC(C)Oc1ccc(N)c(C(=N)c2cc(N3CCN(C(=O)C4CCCO4)CC3)nn2C)c1.[HH]. The zero-order valence-electron chi connectivity index (χ0n) is 19.0. The van der Waals surface area contributed by atoms with E-state index >= 15 is 0 Å². The third-order valence-corrected chi connectivity index (χ3v) is 5.91. The predicted molar refractivity (Wildman–Crippen MR) is 126 cm³/mol. The smallest absolute Gasteiger partial charge is 0.251 e. The summed E-state index contributed by atoms with van der Waals surface area (Å²) < 4.78 is 13.0. The lowest BCUT2D eigenvalue weighted by Crippen LogP contribution is -2.51. The summed E-state index contributed by atoms with van der Waals surface area (Å²) in [6, 6.07) is 7.30. The Morgan fingerprint density at radius 1 is 1.28 bits per heavy atom. The van der Waals surface area contributed by atoms with Crippen LogP contribution in [0, 0.1) is 5.41 Å². The maximum Gasteiger partial charge on any atom is 0.251 e. The van der Waals surface area contributed by atoms with Gasteiger partial charge in [0.1, 0.15) is 11.9 Å². The monoisotopic (exact) mass is 442 g/mol. The van der Waals surface area contributed by atoms with Gasteiger partial charge >= 0.3 is 0 Å². The van der Waals surface area contributed by atoms with Crippen molar-refractivity contribution in [3.05, 3.63) is 35.5 Å². The molecule has 1 unspecified atom stereocenters. The lowest BCUT2D eigenvalue weighted by atomic mass is 10.0. The Morgan fingerprint density at radius 3 is 2.69 bits per heavy atom. The van der Waals surface area contributed by atoms with Gasteiger partial charge in [-0.05, 0) is 44.9 Å². The van der Waals surface area contributed by atoms with E-state index in [0.29, 0.717) is 61.2 Å². The highest BCUT2D eigenvalue weighted by atomic mass is 16.5. The number of hydrogen-bond donors (Lipinski definition) is 2. The summed E-state index contributed by atoms with van der Waals surface area (Å²) in [6.45, 7) is 7.28. The first kappa shape index (κ1) is 22.1. The van der Waals surface area contributed by atoms with Crippen molar-refractivity contribution in [2.75, 3.05) is 43.4 Å². The second-order valence-electron chi connectivity index (χ2n) is 8.62. The molecule has 2 aromatic rings. The molecule has 0 saturated carbocycles. The van der Waals surface area contributed by atoms with Crippen LogP contribution in [-0.4, -0.2) is 71.3 Å². The van der Waals surface area contributed by atoms with Crippen molar-refractivity contribution < 1.29 is 15.7 Å². The molecule has 1 amide bonds. The summed E-state index contributed by atoms with van der Waals surface area (Å²) in [7, 11) is 1.83. The summed E-state index contributed by atoms with van der Waals surface area (Å²) in [5, 5.41) is 13.4. The number of nitrogens with two attached hydrogens (primary N) is 1. The van der Waals surface area contributed by atoms with Gasteiger partial charge in [-0.1, -0.05) is 0 Å². The van der Waals surface area contributed by atoms with Crippen LogP contribution >= 0.6 is 0 Å². The minimum Gasteiger partial charge on any atom is -0.491 e. The average molecular weight is 443 g/mol. The van der Waals surface area contributed by atoms with Crippen LogP contribution in [0.3, 0.4) is 0 Å². The van der Waals surface area contributed by atoms with Crippen molar-refractivity contribution in [2.24, 2.45) is 7.05 Å². The van der Waals surface area contributed by atoms with Crippen LogP contribution in [0.15, 0.2) is 24.3 Å². The number of aryl methyl sites for hydroxylation is 1. The van der Waals surface area contributed by atoms with Crippen LogP contribution < -0.4 is 15.4 Å². The Labute approximate surface area is 190 Å². The first-order valence-corrected chi connectivity index (χ1v) is 11.2. The highest BCUT2D eigenvalue weighted by Crippen LogP contribution is 2.25. The third kappa shape index (κ3) is 4.57. The van der Waals surface area contributed by atoms with E-state index in [2.05, 4.69) is 10.00 Å². The van der Waals surface area contributed by atoms with Crippen LogP contribution in [0.4, 0.5) is 11.5 Å². The number of anilines is 2. The Bertz CT molecular complexity index is 994.